The Hall–Kier alpha value is -3.12. The molecular formula is C25H18. The second-order valence-corrected chi connectivity index (χ2v) is 6.56. The molecule has 0 saturated carbocycles. The lowest BCUT2D eigenvalue weighted by Crippen LogP contribution is -2.28. The van der Waals surface area contributed by atoms with Gasteiger partial charge in [-0.05, 0) is 56.3 Å². The van der Waals surface area contributed by atoms with Crippen LogP contribution in [-0.2, 0) is 0 Å². The lowest BCUT2D eigenvalue weighted by molar-refractivity contribution is 1.35. The first-order valence-corrected chi connectivity index (χ1v) is 8.78. The van der Waals surface area contributed by atoms with Crippen molar-refractivity contribution in [2.24, 2.45) is 0 Å². The van der Waals surface area contributed by atoms with E-state index < -0.39 is 0 Å². The van der Waals surface area contributed by atoms with Gasteiger partial charge in [0.05, 0.1) is 0 Å². The van der Waals surface area contributed by atoms with Gasteiger partial charge in [-0.15, -0.1) is 0 Å². The predicted molar refractivity (Wildman–Crippen MR) is 106 cm³/mol. The van der Waals surface area contributed by atoms with Gasteiger partial charge in [0.25, 0.3) is 0 Å². The molecule has 2 aliphatic rings. The van der Waals surface area contributed by atoms with E-state index in [9.17, 15) is 0 Å². The van der Waals surface area contributed by atoms with Gasteiger partial charge in [0, 0.05) is 0 Å². The molecule has 5 rings (SSSR count). The van der Waals surface area contributed by atoms with Gasteiger partial charge in [-0.2, -0.15) is 0 Å². The Morgan fingerprint density at radius 1 is 0.680 bits per heavy atom. The molecule has 0 aromatic heterocycles. The van der Waals surface area contributed by atoms with Crippen LogP contribution in [0.5, 0.6) is 0 Å². The molecule has 3 aromatic carbocycles. The van der Waals surface area contributed by atoms with E-state index in [2.05, 4.69) is 97.1 Å². The zero-order valence-corrected chi connectivity index (χ0v) is 13.9. The summed E-state index contributed by atoms with van der Waals surface area (Å²) in [6.45, 7) is 0. The van der Waals surface area contributed by atoms with Gasteiger partial charge in [0.15, 0.2) is 0 Å². The fourth-order valence-electron chi connectivity index (χ4n) is 3.95. The SMILES string of the molecule is C1=CCC(=c2cccc3c2=Cc2ccccc2-3)C(c2ccccc2)=C1. The molecule has 0 bridgehead atoms. The molecule has 0 saturated heterocycles. The van der Waals surface area contributed by atoms with Crippen LogP contribution in [0.1, 0.15) is 17.5 Å². The van der Waals surface area contributed by atoms with E-state index in [1.54, 1.807) is 0 Å². The third-order valence-corrected chi connectivity index (χ3v) is 5.11. The molecule has 0 radical (unpaired) electrons. The van der Waals surface area contributed by atoms with Gasteiger partial charge in [0.1, 0.15) is 0 Å². The largest absolute Gasteiger partial charge is 0.0801 e. The lowest BCUT2D eigenvalue weighted by atomic mass is 9.89. The maximum atomic E-state index is 2.34. The van der Waals surface area contributed by atoms with Crippen molar-refractivity contribution in [2.45, 2.75) is 6.42 Å². The van der Waals surface area contributed by atoms with Gasteiger partial charge < -0.3 is 0 Å². The van der Waals surface area contributed by atoms with Crippen molar-refractivity contribution in [1.82, 2.24) is 0 Å². The van der Waals surface area contributed by atoms with E-state index in [0.717, 1.165) is 6.42 Å². The smallest absolute Gasteiger partial charge is 0.00820 e. The Balaban J connectivity index is 1.82. The summed E-state index contributed by atoms with van der Waals surface area (Å²) in [6, 6.07) is 26.1. The minimum absolute atomic E-state index is 0.974. The van der Waals surface area contributed by atoms with Crippen LogP contribution in [0, 0.1) is 0 Å². The summed E-state index contributed by atoms with van der Waals surface area (Å²) in [4.78, 5) is 0. The molecule has 0 fully saturated rings. The molecule has 0 atom stereocenters. The number of benzene rings is 3. The molecule has 118 valence electrons. The Kier molecular flexibility index (Phi) is 3.28. The van der Waals surface area contributed by atoms with Crippen LogP contribution in [0.3, 0.4) is 0 Å². The Morgan fingerprint density at radius 3 is 2.40 bits per heavy atom. The zero-order valence-electron chi connectivity index (χ0n) is 13.9. The van der Waals surface area contributed by atoms with Crippen LogP contribution in [0.25, 0.3) is 28.3 Å². The van der Waals surface area contributed by atoms with E-state index in [1.165, 1.54) is 43.8 Å². The van der Waals surface area contributed by atoms with E-state index in [1.807, 2.05) is 0 Å². The topological polar surface area (TPSA) is 0 Å². The highest BCUT2D eigenvalue weighted by Crippen LogP contribution is 2.30. The van der Waals surface area contributed by atoms with Crippen molar-refractivity contribution >= 4 is 17.2 Å². The third-order valence-electron chi connectivity index (χ3n) is 5.11. The molecule has 0 heterocycles. The van der Waals surface area contributed by atoms with Crippen LogP contribution in [0.2, 0.25) is 0 Å². The average molecular weight is 318 g/mol. The van der Waals surface area contributed by atoms with Crippen molar-refractivity contribution in [3.63, 3.8) is 0 Å². The highest BCUT2D eigenvalue weighted by Gasteiger charge is 2.15. The number of hydrogen-bond donors (Lipinski definition) is 0. The molecule has 0 aliphatic heterocycles. The molecule has 25 heavy (non-hydrogen) atoms. The van der Waals surface area contributed by atoms with Crippen LogP contribution >= 0.6 is 0 Å². The summed E-state index contributed by atoms with van der Waals surface area (Å²) in [5.41, 5.74) is 8.05. The maximum absolute atomic E-state index is 2.34. The number of fused-ring (bicyclic) bond motifs is 3. The molecule has 0 nitrogen and oxygen atoms in total. The highest BCUT2D eigenvalue weighted by molar-refractivity contribution is 6.00. The van der Waals surface area contributed by atoms with Crippen LogP contribution in [-0.4, -0.2) is 0 Å². The van der Waals surface area contributed by atoms with E-state index in [-0.39, 0.29) is 0 Å². The molecule has 0 amide bonds. The quantitative estimate of drug-likeness (QED) is 0.477. The standard InChI is InChI=1S/C25H18/c1-2-9-18(10-3-1)20-12-6-7-14-22(20)24-16-8-15-23-21-13-5-4-11-19(21)17-25(23)24/h1-13,15-17H,14H2. The maximum Gasteiger partial charge on any atom is -0.00820 e. The van der Waals surface area contributed by atoms with Crippen LogP contribution < -0.4 is 10.4 Å². The zero-order chi connectivity index (χ0) is 16.6. The van der Waals surface area contributed by atoms with Gasteiger partial charge in [0.2, 0.25) is 0 Å². The summed E-state index contributed by atoms with van der Waals surface area (Å²) in [5, 5.41) is 2.71. The predicted octanol–water partition coefficient (Wildman–Crippen LogP) is 4.69. The lowest BCUT2D eigenvalue weighted by Gasteiger charge is -2.15. The number of allylic oxidation sites excluding steroid dienone is 4. The van der Waals surface area contributed by atoms with Crippen LogP contribution in [0.15, 0.2) is 91.0 Å². The summed E-state index contributed by atoms with van der Waals surface area (Å²) < 4.78 is 0. The Labute approximate surface area is 147 Å². The molecule has 0 N–H and O–H groups in total. The summed E-state index contributed by atoms with van der Waals surface area (Å²) in [6.07, 6.45) is 9.99. The molecule has 0 unspecified atom stereocenters. The fraction of sp³-hybridized carbons (Fsp3) is 0.0400. The minimum atomic E-state index is 0.974. The first-order valence-electron chi connectivity index (χ1n) is 8.78. The van der Waals surface area contributed by atoms with E-state index >= 15 is 0 Å². The van der Waals surface area contributed by atoms with E-state index in [0.29, 0.717) is 0 Å². The summed E-state index contributed by atoms with van der Waals surface area (Å²) in [5.74, 6) is 0. The summed E-state index contributed by atoms with van der Waals surface area (Å²) in [7, 11) is 0. The van der Waals surface area contributed by atoms with Crippen LogP contribution in [0.4, 0.5) is 0 Å². The first-order chi connectivity index (χ1) is 12.4. The number of rotatable bonds is 1. The van der Waals surface area contributed by atoms with Gasteiger partial charge in [-0.3, -0.25) is 0 Å². The fourth-order valence-corrected chi connectivity index (χ4v) is 3.95. The Bertz CT molecular complexity index is 1140. The van der Waals surface area contributed by atoms with Crippen molar-refractivity contribution in [1.29, 1.82) is 0 Å². The second-order valence-electron chi connectivity index (χ2n) is 6.56. The van der Waals surface area contributed by atoms with Gasteiger partial charge >= 0.3 is 0 Å². The van der Waals surface area contributed by atoms with Gasteiger partial charge in [-0.25, -0.2) is 0 Å². The number of hydrogen-bond acceptors (Lipinski definition) is 0. The van der Waals surface area contributed by atoms with Crippen molar-refractivity contribution in [3.8, 4) is 11.1 Å². The average Bonchev–Trinajstić information content (AvgIpc) is 3.07. The van der Waals surface area contributed by atoms with Crippen molar-refractivity contribution in [3.05, 3.63) is 113 Å². The normalized spacial score (nSPS) is 16.7. The van der Waals surface area contributed by atoms with Crippen molar-refractivity contribution in [2.75, 3.05) is 0 Å². The Morgan fingerprint density at radius 2 is 1.48 bits per heavy atom. The van der Waals surface area contributed by atoms with Crippen molar-refractivity contribution < 1.29 is 0 Å². The second kappa shape index (κ2) is 5.75. The molecule has 2 aliphatic carbocycles. The molecule has 0 heteroatoms. The third kappa shape index (κ3) is 2.30. The summed E-state index contributed by atoms with van der Waals surface area (Å²) >= 11 is 0. The van der Waals surface area contributed by atoms with Gasteiger partial charge in [-0.1, -0.05) is 91.0 Å². The molecule has 3 aromatic rings. The highest BCUT2D eigenvalue weighted by atomic mass is 14.2. The molecular weight excluding hydrogens is 300 g/mol. The van der Waals surface area contributed by atoms with E-state index in [4.69, 9.17) is 0 Å². The minimum Gasteiger partial charge on any atom is -0.0801 e. The monoisotopic (exact) mass is 318 g/mol. The molecule has 0 spiro atoms. The first kappa shape index (κ1) is 14.2.